The number of anilines is 1. The first kappa shape index (κ1) is 15.5. The predicted octanol–water partition coefficient (Wildman–Crippen LogP) is 2.37. The van der Waals surface area contributed by atoms with E-state index in [1.54, 1.807) is 24.3 Å². The molecule has 2 rings (SSSR count). The van der Waals surface area contributed by atoms with E-state index < -0.39 is 15.9 Å². The van der Waals surface area contributed by atoms with Gasteiger partial charge in [-0.05, 0) is 42.0 Å². The van der Waals surface area contributed by atoms with Crippen LogP contribution >= 0.6 is 0 Å². The highest BCUT2D eigenvalue weighted by Crippen LogP contribution is 2.17. The summed E-state index contributed by atoms with van der Waals surface area (Å²) in [5, 5.41) is 13.0. The summed E-state index contributed by atoms with van der Waals surface area (Å²) in [6, 6.07) is 11.9. The zero-order valence-corrected chi connectivity index (χ0v) is 12.3. The molecule has 0 spiro atoms. The molecule has 0 heterocycles. The highest BCUT2D eigenvalue weighted by atomic mass is 32.2. The van der Waals surface area contributed by atoms with E-state index in [4.69, 9.17) is 0 Å². The van der Waals surface area contributed by atoms with E-state index in [9.17, 15) is 17.9 Å². The van der Waals surface area contributed by atoms with Crippen LogP contribution in [0.2, 0.25) is 0 Å². The Morgan fingerprint density at radius 3 is 2.19 bits per heavy atom. The van der Waals surface area contributed by atoms with Crippen molar-refractivity contribution in [3.05, 3.63) is 59.9 Å². The van der Waals surface area contributed by atoms with Gasteiger partial charge in [0, 0.05) is 18.5 Å². The van der Waals surface area contributed by atoms with Crippen molar-refractivity contribution in [1.29, 1.82) is 0 Å². The van der Waals surface area contributed by atoms with E-state index in [2.05, 4.69) is 5.32 Å². The van der Waals surface area contributed by atoms with Gasteiger partial charge < -0.3 is 10.4 Å². The molecule has 0 saturated carbocycles. The average molecular weight is 309 g/mol. The standard InChI is InChI=1S/C15H16FNO3S/c1-21(19,20)14-8-2-11(3-9-14)15(18)10-17-13-6-4-12(16)5-7-13/h2-9,15,17-18H,10H2,1H3. The lowest BCUT2D eigenvalue weighted by Gasteiger charge is -2.13. The summed E-state index contributed by atoms with van der Waals surface area (Å²) in [5.41, 5.74) is 1.31. The molecule has 2 aromatic carbocycles. The minimum Gasteiger partial charge on any atom is -0.387 e. The topological polar surface area (TPSA) is 66.4 Å². The summed E-state index contributed by atoms with van der Waals surface area (Å²) < 4.78 is 35.5. The van der Waals surface area contributed by atoms with E-state index >= 15 is 0 Å². The largest absolute Gasteiger partial charge is 0.387 e. The first-order chi connectivity index (χ1) is 9.86. The number of hydrogen-bond acceptors (Lipinski definition) is 4. The van der Waals surface area contributed by atoms with E-state index in [1.807, 2.05) is 0 Å². The van der Waals surface area contributed by atoms with Crippen molar-refractivity contribution in [2.75, 3.05) is 18.1 Å². The van der Waals surface area contributed by atoms with Crippen LogP contribution in [0.1, 0.15) is 11.7 Å². The van der Waals surface area contributed by atoms with Crippen LogP contribution in [0.5, 0.6) is 0 Å². The Morgan fingerprint density at radius 1 is 1.10 bits per heavy atom. The summed E-state index contributed by atoms with van der Waals surface area (Å²) >= 11 is 0. The third-order valence-corrected chi connectivity index (χ3v) is 4.17. The summed E-state index contributed by atoms with van der Waals surface area (Å²) in [5.74, 6) is -0.322. The first-order valence-corrected chi connectivity index (χ1v) is 8.23. The van der Waals surface area contributed by atoms with Crippen LogP contribution in [-0.4, -0.2) is 26.3 Å². The maximum Gasteiger partial charge on any atom is 0.175 e. The van der Waals surface area contributed by atoms with Gasteiger partial charge >= 0.3 is 0 Å². The van der Waals surface area contributed by atoms with Gasteiger partial charge in [-0.25, -0.2) is 12.8 Å². The van der Waals surface area contributed by atoms with Gasteiger partial charge in [-0.15, -0.1) is 0 Å². The van der Waals surface area contributed by atoms with Crippen molar-refractivity contribution < 1.29 is 17.9 Å². The van der Waals surface area contributed by atoms with Crippen molar-refractivity contribution in [3.8, 4) is 0 Å². The Labute approximate surface area is 123 Å². The zero-order valence-electron chi connectivity index (χ0n) is 11.5. The molecule has 0 aliphatic carbocycles. The SMILES string of the molecule is CS(=O)(=O)c1ccc(C(O)CNc2ccc(F)cc2)cc1. The molecule has 0 aliphatic rings. The van der Waals surface area contributed by atoms with E-state index in [-0.39, 0.29) is 17.3 Å². The van der Waals surface area contributed by atoms with Crippen LogP contribution in [-0.2, 0) is 9.84 Å². The van der Waals surface area contributed by atoms with Gasteiger partial charge in [-0.1, -0.05) is 12.1 Å². The molecule has 0 radical (unpaired) electrons. The van der Waals surface area contributed by atoms with Gasteiger partial charge in [0.1, 0.15) is 5.82 Å². The Bertz CT molecular complexity index is 697. The van der Waals surface area contributed by atoms with Gasteiger partial charge in [0.05, 0.1) is 11.0 Å². The van der Waals surface area contributed by atoms with Crippen LogP contribution in [0.25, 0.3) is 0 Å². The predicted molar refractivity (Wildman–Crippen MR) is 79.4 cm³/mol. The molecule has 112 valence electrons. The van der Waals surface area contributed by atoms with Crippen LogP contribution in [0.4, 0.5) is 10.1 Å². The van der Waals surface area contributed by atoms with Crippen LogP contribution < -0.4 is 5.32 Å². The number of aliphatic hydroxyl groups is 1. The highest BCUT2D eigenvalue weighted by molar-refractivity contribution is 7.90. The number of sulfone groups is 1. The quantitative estimate of drug-likeness (QED) is 0.890. The second kappa shape index (κ2) is 6.24. The summed E-state index contributed by atoms with van der Waals surface area (Å²) in [6.07, 6.45) is 0.345. The molecular weight excluding hydrogens is 293 g/mol. The van der Waals surface area contributed by atoms with E-state index in [0.717, 1.165) is 6.26 Å². The summed E-state index contributed by atoms with van der Waals surface area (Å²) in [7, 11) is -3.24. The molecule has 6 heteroatoms. The summed E-state index contributed by atoms with van der Waals surface area (Å²) in [4.78, 5) is 0.213. The second-order valence-corrected chi connectivity index (χ2v) is 6.76. The second-order valence-electron chi connectivity index (χ2n) is 4.74. The maximum atomic E-state index is 12.8. The van der Waals surface area contributed by atoms with Crippen molar-refractivity contribution in [1.82, 2.24) is 0 Å². The molecule has 1 atom stereocenters. The molecule has 4 nitrogen and oxygen atoms in total. The van der Waals surface area contributed by atoms with Crippen molar-refractivity contribution in [2.24, 2.45) is 0 Å². The molecule has 0 amide bonds. The monoisotopic (exact) mass is 309 g/mol. The Kier molecular flexibility index (Phi) is 4.59. The average Bonchev–Trinajstić information content (AvgIpc) is 2.45. The highest BCUT2D eigenvalue weighted by Gasteiger charge is 2.10. The van der Waals surface area contributed by atoms with E-state index in [1.165, 1.54) is 24.3 Å². The fraction of sp³-hybridized carbons (Fsp3) is 0.200. The molecule has 0 aliphatic heterocycles. The third kappa shape index (κ3) is 4.27. The smallest absolute Gasteiger partial charge is 0.175 e. The molecule has 0 fully saturated rings. The van der Waals surface area contributed by atoms with Crippen molar-refractivity contribution >= 4 is 15.5 Å². The van der Waals surface area contributed by atoms with Crippen molar-refractivity contribution in [2.45, 2.75) is 11.0 Å². The summed E-state index contributed by atoms with van der Waals surface area (Å²) in [6.45, 7) is 0.240. The molecule has 0 aromatic heterocycles. The fourth-order valence-corrected chi connectivity index (χ4v) is 2.47. The lowest BCUT2D eigenvalue weighted by molar-refractivity contribution is 0.191. The molecule has 0 saturated heterocycles. The van der Waals surface area contributed by atoms with Crippen LogP contribution in [0, 0.1) is 5.82 Å². The fourth-order valence-electron chi connectivity index (χ4n) is 1.84. The minimum absolute atomic E-state index is 0.213. The van der Waals surface area contributed by atoms with Gasteiger partial charge in [-0.2, -0.15) is 0 Å². The van der Waals surface area contributed by atoms with Crippen LogP contribution in [0.15, 0.2) is 53.4 Å². The van der Waals surface area contributed by atoms with Crippen molar-refractivity contribution in [3.63, 3.8) is 0 Å². The lowest BCUT2D eigenvalue weighted by atomic mass is 10.1. The first-order valence-electron chi connectivity index (χ1n) is 6.34. The molecule has 2 aromatic rings. The zero-order chi connectivity index (χ0) is 15.5. The Hall–Kier alpha value is -1.92. The van der Waals surface area contributed by atoms with Gasteiger partial charge in [0.2, 0.25) is 0 Å². The number of hydrogen-bond donors (Lipinski definition) is 2. The Morgan fingerprint density at radius 2 is 1.67 bits per heavy atom. The van der Waals surface area contributed by atoms with Gasteiger partial charge in [-0.3, -0.25) is 0 Å². The van der Waals surface area contributed by atoms with Crippen LogP contribution in [0.3, 0.4) is 0 Å². The number of halogens is 1. The Balaban J connectivity index is 2.00. The van der Waals surface area contributed by atoms with E-state index in [0.29, 0.717) is 11.3 Å². The molecule has 21 heavy (non-hydrogen) atoms. The number of benzene rings is 2. The number of nitrogens with one attached hydrogen (secondary N) is 1. The molecule has 2 N–H and O–H groups in total. The minimum atomic E-state index is -3.24. The normalized spacial score (nSPS) is 12.9. The molecule has 0 bridgehead atoms. The number of aliphatic hydroxyl groups excluding tert-OH is 1. The molecular formula is C15H16FNO3S. The maximum absolute atomic E-state index is 12.8. The lowest BCUT2D eigenvalue weighted by Crippen LogP contribution is -2.12. The van der Waals surface area contributed by atoms with Gasteiger partial charge in [0.25, 0.3) is 0 Å². The third-order valence-electron chi connectivity index (χ3n) is 3.04. The number of rotatable bonds is 5. The van der Waals surface area contributed by atoms with Gasteiger partial charge in [0.15, 0.2) is 9.84 Å². The molecule has 1 unspecified atom stereocenters.